The number of nitrogens with one attached hydrogen (secondary N) is 1. The van der Waals surface area contributed by atoms with Crippen molar-refractivity contribution in [2.24, 2.45) is 0 Å². The summed E-state index contributed by atoms with van der Waals surface area (Å²) >= 11 is 5.68. The minimum Gasteiger partial charge on any atom is -0.394 e. The van der Waals surface area contributed by atoms with E-state index in [2.05, 4.69) is 0 Å². The van der Waals surface area contributed by atoms with Crippen LogP contribution in [0.5, 0.6) is 0 Å². The van der Waals surface area contributed by atoms with Crippen molar-refractivity contribution in [1.82, 2.24) is 4.72 Å². The van der Waals surface area contributed by atoms with Crippen molar-refractivity contribution in [2.75, 3.05) is 13.2 Å². The molecule has 10 heteroatoms. The van der Waals surface area contributed by atoms with Crippen LogP contribution in [-0.4, -0.2) is 42.8 Å². The highest BCUT2D eigenvalue weighted by atomic mass is 35.5. The van der Waals surface area contributed by atoms with E-state index in [9.17, 15) is 18.5 Å². The average Bonchev–Trinajstić information content (AvgIpc) is 2.36. The molecule has 0 radical (unpaired) electrons. The van der Waals surface area contributed by atoms with Gasteiger partial charge >= 0.3 is 0 Å². The highest BCUT2D eigenvalue weighted by Gasteiger charge is 2.22. The van der Waals surface area contributed by atoms with E-state index in [-0.39, 0.29) is 5.02 Å². The lowest BCUT2D eigenvalue weighted by molar-refractivity contribution is -0.385. The molecule has 1 rings (SSSR count). The van der Waals surface area contributed by atoms with E-state index < -0.39 is 44.8 Å². The minimum atomic E-state index is -4.11. The number of nitro groups is 1. The topological polar surface area (TPSA) is 130 Å². The Labute approximate surface area is 113 Å². The fraction of sp³-hybridized carbons (Fsp3) is 0.333. The molecule has 8 nitrogen and oxygen atoms in total. The maximum atomic E-state index is 11.8. The molecule has 1 unspecified atom stereocenters. The van der Waals surface area contributed by atoms with Gasteiger partial charge < -0.3 is 10.2 Å². The van der Waals surface area contributed by atoms with Crippen molar-refractivity contribution in [3.63, 3.8) is 0 Å². The molecular formula is C9H11ClN2O6S. The molecule has 0 fully saturated rings. The van der Waals surface area contributed by atoms with Gasteiger partial charge in [0.05, 0.1) is 22.7 Å². The molecule has 0 aliphatic heterocycles. The molecule has 0 saturated heterocycles. The van der Waals surface area contributed by atoms with Crippen LogP contribution in [0.4, 0.5) is 5.69 Å². The molecule has 0 heterocycles. The number of nitrogens with zero attached hydrogens (tertiary/aromatic N) is 1. The first kappa shape index (κ1) is 15.8. The molecule has 1 aromatic rings. The Morgan fingerprint density at radius 3 is 2.63 bits per heavy atom. The number of nitro benzene ring substituents is 1. The number of non-ortho nitro benzene ring substituents is 1. The van der Waals surface area contributed by atoms with Crippen molar-refractivity contribution in [2.45, 2.75) is 11.0 Å². The highest BCUT2D eigenvalue weighted by molar-refractivity contribution is 7.89. The van der Waals surface area contributed by atoms with Gasteiger partial charge in [-0.2, -0.15) is 0 Å². The average molecular weight is 311 g/mol. The highest BCUT2D eigenvalue weighted by Crippen LogP contribution is 2.25. The van der Waals surface area contributed by atoms with Crippen LogP contribution in [-0.2, 0) is 10.0 Å². The first-order valence-corrected chi connectivity index (χ1v) is 6.86. The van der Waals surface area contributed by atoms with E-state index in [4.69, 9.17) is 21.8 Å². The van der Waals surface area contributed by atoms with Crippen molar-refractivity contribution in [1.29, 1.82) is 0 Å². The summed E-state index contributed by atoms with van der Waals surface area (Å²) in [7, 11) is -4.11. The van der Waals surface area contributed by atoms with Crippen LogP contribution in [0.3, 0.4) is 0 Å². The van der Waals surface area contributed by atoms with Gasteiger partial charge in [-0.3, -0.25) is 10.1 Å². The number of aliphatic hydroxyl groups is 2. The van der Waals surface area contributed by atoms with Gasteiger partial charge in [0, 0.05) is 18.7 Å². The second-order valence-corrected chi connectivity index (χ2v) is 5.70. The molecule has 1 atom stereocenters. The lowest BCUT2D eigenvalue weighted by atomic mass is 10.3. The van der Waals surface area contributed by atoms with Crippen LogP contribution < -0.4 is 4.72 Å². The van der Waals surface area contributed by atoms with E-state index in [1.165, 1.54) is 0 Å². The lowest BCUT2D eigenvalue weighted by Crippen LogP contribution is -2.34. The first-order valence-electron chi connectivity index (χ1n) is 5.00. The summed E-state index contributed by atoms with van der Waals surface area (Å²) in [6.07, 6.45) is -1.27. The summed E-state index contributed by atoms with van der Waals surface area (Å²) in [4.78, 5) is 9.36. The molecule has 19 heavy (non-hydrogen) atoms. The van der Waals surface area contributed by atoms with Crippen molar-refractivity contribution in [3.8, 4) is 0 Å². The third kappa shape index (κ3) is 4.11. The number of benzene rings is 1. The molecule has 106 valence electrons. The third-order valence-electron chi connectivity index (χ3n) is 2.13. The second kappa shape index (κ2) is 6.26. The van der Waals surface area contributed by atoms with E-state index in [0.717, 1.165) is 18.2 Å². The van der Waals surface area contributed by atoms with Crippen molar-refractivity contribution in [3.05, 3.63) is 33.3 Å². The Kier molecular flexibility index (Phi) is 5.20. The summed E-state index contributed by atoms with van der Waals surface area (Å²) in [6, 6.07) is 2.98. The molecule has 0 spiro atoms. The molecule has 1 aromatic carbocycles. The Hall–Kier alpha value is -1.26. The van der Waals surface area contributed by atoms with Crippen LogP contribution in [0, 0.1) is 10.1 Å². The van der Waals surface area contributed by atoms with Gasteiger partial charge in [-0.25, -0.2) is 13.1 Å². The zero-order valence-electron chi connectivity index (χ0n) is 9.48. The SMILES string of the molecule is O=[N+]([O-])c1ccc(Cl)c(S(=O)(=O)NCC(O)CO)c1. The third-order valence-corrected chi connectivity index (χ3v) is 4.04. The monoisotopic (exact) mass is 310 g/mol. The van der Waals surface area contributed by atoms with E-state index in [1.807, 2.05) is 4.72 Å². The lowest BCUT2D eigenvalue weighted by Gasteiger charge is -2.10. The second-order valence-electron chi connectivity index (χ2n) is 3.56. The summed E-state index contributed by atoms with van der Waals surface area (Å²) < 4.78 is 25.7. The number of hydrogen-bond donors (Lipinski definition) is 3. The van der Waals surface area contributed by atoms with Crippen molar-refractivity contribution < 1.29 is 23.6 Å². The van der Waals surface area contributed by atoms with Crippen LogP contribution in [0.1, 0.15) is 0 Å². The zero-order valence-corrected chi connectivity index (χ0v) is 11.1. The zero-order chi connectivity index (χ0) is 14.6. The quantitative estimate of drug-likeness (QED) is 0.496. The van der Waals surface area contributed by atoms with Gasteiger partial charge in [0.25, 0.3) is 5.69 Å². The van der Waals surface area contributed by atoms with Gasteiger partial charge in [0.15, 0.2) is 0 Å². The predicted octanol–water partition coefficient (Wildman–Crippen LogP) is -0.120. The Balaban J connectivity index is 3.06. The van der Waals surface area contributed by atoms with Gasteiger partial charge in [0.2, 0.25) is 10.0 Å². The van der Waals surface area contributed by atoms with Gasteiger partial charge in [-0.1, -0.05) is 11.6 Å². The first-order chi connectivity index (χ1) is 8.77. The Morgan fingerprint density at radius 1 is 1.47 bits per heavy atom. The van der Waals surface area contributed by atoms with Gasteiger partial charge in [0.1, 0.15) is 4.90 Å². The molecule has 0 saturated carbocycles. The fourth-order valence-electron chi connectivity index (χ4n) is 1.16. The number of sulfonamides is 1. The molecule has 0 aliphatic carbocycles. The molecular weight excluding hydrogens is 300 g/mol. The fourth-order valence-corrected chi connectivity index (χ4v) is 2.75. The van der Waals surface area contributed by atoms with Crippen LogP contribution >= 0.6 is 11.6 Å². The van der Waals surface area contributed by atoms with Crippen LogP contribution in [0.25, 0.3) is 0 Å². The Morgan fingerprint density at radius 2 is 2.11 bits per heavy atom. The molecule has 3 N–H and O–H groups in total. The van der Waals surface area contributed by atoms with Gasteiger partial charge in [-0.05, 0) is 6.07 Å². The smallest absolute Gasteiger partial charge is 0.270 e. The predicted molar refractivity (Wildman–Crippen MR) is 66.4 cm³/mol. The number of aliphatic hydroxyl groups excluding tert-OH is 2. The summed E-state index contributed by atoms with van der Waals surface area (Å²) in [5.74, 6) is 0. The van der Waals surface area contributed by atoms with E-state index >= 15 is 0 Å². The maximum absolute atomic E-state index is 11.8. The normalized spacial score (nSPS) is 13.2. The molecule has 0 amide bonds. The number of hydrogen-bond acceptors (Lipinski definition) is 6. The van der Waals surface area contributed by atoms with Crippen molar-refractivity contribution >= 4 is 27.3 Å². The Bertz CT molecular complexity index is 576. The van der Waals surface area contributed by atoms with Gasteiger partial charge in [-0.15, -0.1) is 0 Å². The number of halogens is 1. The van der Waals surface area contributed by atoms with E-state index in [0.29, 0.717) is 0 Å². The number of rotatable bonds is 6. The van der Waals surface area contributed by atoms with Crippen LogP contribution in [0.2, 0.25) is 5.02 Å². The molecule has 0 aliphatic rings. The molecule has 0 bridgehead atoms. The van der Waals surface area contributed by atoms with E-state index in [1.54, 1.807) is 0 Å². The minimum absolute atomic E-state index is 0.184. The standard InChI is InChI=1S/C9H11ClN2O6S/c10-8-2-1-6(12(15)16)3-9(8)19(17,18)11-4-7(14)5-13/h1-3,7,11,13-14H,4-5H2. The molecule has 0 aromatic heterocycles. The largest absolute Gasteiger partial charge is 0.394 e. The summed E-state index contributed by atoms with van der Waals surface area (Å²) in [5, 5.41) is 28.0. The van der Waals surface area contributed by atoms with Crippen LogP contribution in [0.15, 0.2) is 23.1 Å². The summed E-state index contributed by atoms with van der Waals surface area (Å²) in [6.45, 7) is -1.05. The maximum Gasteiger partial charge on any atom is 0.270 e. The summed E-state index contributed by atoms with van der Waals surface area (Å²) in [5.41, 5.74) is -0.424.